The van der Waals surface area contributed by atoms with Crippen molar-refractivity contribution in [3.05, 3.63) is 35.6 Å². The van der Waals surface area contributed by atoms with Crippen LogP contribution >= 0.6 is 0 Å². The van der Waals surface area contributed by atoms with Crippen LogP contribution in [0.3, 0.4) is 0 Å². The second-order valence-electron chi connectivity index (χ2n) is 4.24. The van der Waals surface area contributed by atoms with E-state index in [0.29, 0.717) is 12.2 Å². The molecule has 1 saturated heterocycles. The van der Waals surface area contributed by atoms with Crippen molar-refractivity contribution in [2.24, 2.45) is 5.92 Å². The highest BCUT2D eigenvalue weighted by molar-refractivity contribution is 5.21. The Kier molecular flexibility index (Phi) is 3.56. The lowest BCUT2D eigenvalue weighted by Crippen LogP contribution is -2.22. The summed E-state index contributed by atoms with van der Waals surface area (Å²) >= 11 is 0. The van der Waals surface area contributed by atoms with Crippen LogP contribution in [0.5, 0.6) is 0 Å². The minimum Gasteiger partial charge on any atom is -0.388 e. The molecular weight excluding hydrogens is 207 g/mol. The van der Waals surface area contributed by atoms with Crippen LogP contribution in [-0.4, -0.2) is 17.8 Å². The van der Waals surface area contributed by atoms with Gasteiger partial charge in [-0.15, -0.1) is 0 Å². The molecule has 16 heavy (non-hydrogen) atoms. The zero-order chi connectivity index (χ0) is 11.5. The SMILES string of the molecule is CCC1OCCC1C(O)c1ccccc1F. The first-order valence-corrected chi connectivity index (χ1v) is 5.78. The van der Waals surface area contributed by atoms with Gasteiger partial charge < -0.3 is 9.84 Å². The Labute approximate surface area is 95.1 Å². The highest BCUT2D eigenvalue weighted by Crippen LogP contribution is 2.35. The highest BCUT2D eigenvalue weighted by atomic mass is 19.1. The summed E-state index contributed by atoms with van der Waals surface area (Å²) in [7, 11) is 0. The van der Waals surface area contributed by atoms with Gasteiger partial charge in [0, 0.05) is 18.1 Å². The number of ether oxygens (including phenoxy) is 1. The lowest BCUT2D eigenvalue weighted by Gasteiger charge is -2.23. The van der Waals surface area contributed by atoms with Gasteiger partial charge in [0.25, 0.3) is 0 Å². The first-order valence-electron chi connectivity index (χ1n) is 5.78. The van der Waals surface area contributed by atoms with Gasteiger partial charge in [-0.3, -0.25) is 0 Å². The van der Waals surface area contributed by atoms with Crippen molar-refractivity contribution < 1.29 is 14.2 Å². The van der Waals surface area contributed by atoms with E-state index in [9.17, 15) is 9.50 Å². The summed E-state index contributed by atoms with van der Waals surface area (Å²) in [6.07, 6.45) is 0.952. The molecule has 0 aliphatic carbocycles. The standard InChI is InChI=1S/C13H17FO2/c1-2-12-10(7-8-16-12)13(15)9-5-3-4-6-11(9)14/h3-6,10,12-13,15H,2,7-8H2,1H3. The molecule has 1 aliphatic rings. The van der Waals surface area contributed by atoms with E-state index in [1.165, 1.54) is 6.07 Å². The molecule has 3 unspecified atom stereocenters. The van der Waals surface area contributed by atoms with Crippen molar-refractivity contribution in [3.63, 3.8) is 0 Å². The number of rotatable bonds is 3. The summed E-state index contributed by atoms with van der Waals surface area (Å²) < 4.78 is 19.0. The lowest BCUT2D eigenvalue weighted by atomic mass is 9.89. The van der Waals surface area contributed by atoms with E-state index in [1.54, 1.807) is 18.2 Å². The molecule has 3 heteroatoms. The van der Waals surface area contributed by atoms with Crippen molar-refractivity contribution in [1.29, 1.82) is 0 Å². The Morgan fingerprint density at radius 3 is 2.94 bits per heavy atom. The number of benzene rings is 1. The summed E-state index contributed by atoms with van der Waals surface area (Å²) in [5, 5.41) is 10.2. The van der Waals surface area contributed by atoms with Crippen LogP contribution in [-0.2, 0) is 4.74 Å². The van der Waals surface area contributed by atoms with Gasteiger partial charge in [0.1, 0.15) is 5.82 Å². The molecule has 0 spiro atoms. The van der Waals surface area contributed by atoms with E-state index in [-0.39, 0.29) is 17.8 Å². The lowest BCUT2D eigenvalue weighted by molar-refractivity contribution is 0.0293. The molecule has 0 radical (unpaired) electrons. The Balaban J connectivity index is 2.18. The third kappa shape index (κ3) is 2.11. The van der Waals surface area contributed by atoms with Crippen LogP contribution in [0.25, 0.3) is 0 Å². The minimum absolute atomic E-state index is 0.0156. The predicted molar refractivity (Wildman–Crippen MR) is 59.5 cm³/mol. The minimum atomic E-state index is -0.756. The van der Waals surface area contributed by atoms with Gasteiger partial charge in [0.2, 0.25) is 0 Å². The molecule has 2 rings (SSSR count). The van der Waals surface area contributed by atoms with Crippen molar-refractivity contribution in [2.75, 3.05) is 6.61 Å². The smallest absolute Gasteiger partial charge is 0.129 e. The maximum absolute atomic E-state index is 13.5. The Morgan fingerprint density at radius 2 is 2.25 bits per heavy atom. The molecule has 1 aromatic carbocycles. The molecule has 0 amide bonds. The van der Waals surface area contributed by atoms with Crippen LogP contribution in [0.2, 0.25) is 0 Å². The van der Waals surface area contributed by atoms with E-state index in [2.05, 4.69) is 0 Å². The van der Waals surface area contributed by atoms with Gasteiger partial charge in [-0.25, -0.2) is 4.39 Å². The van der Waals surface area contributed by atoms with Crippen molar-refractivity contribution in [3.8, 4) is 0 Å². The summed E-state index contributed by atoms with van der Waals surface area (Å²) in [6.45, 7) is 2.69. The summed E-state index contributed by atoms with van der Waals surface area (Å²) in [5.74, 6) is -0.321. The molecule has 0 saturated carbocycles. The van der Waals surface area contributed by atoms with Crippen molar-refractivity contribution >= 4 is 0 Å². The zero-order valence-corrected chi connectivity index (χ0v) is 9.40. The Morgan fingerprint density at radius 1 is 1.50 bits per heavy atom. The molecule has 2 nitrogen and oxygen atoms in total. The Hall–Kier alpha value is -0.930. The summed E-state index contributed by atoms with van der Waals surface area (Å²) in [5.41, 5.74) is 0.386. The van der Waals surface area contributed by atoms with Gasteiger partial charge in [0.05, 0.1) is 12.2 Å². The van der Waals surface area contributed by atoms with Crippen LogP contribution in [0, 0.1) is 11.7 Å². The molecule has 88 valence electrons. The number of aliphatic hydroxyl groups excluding tert-OH is 1. The van der Waals surface area contributed by atoms with Gasteiger partial charge in [-0.1, -0.05) is 25.1 Å². The quantitative estimate of drug-likeness (QED) is 0.855. The molecular formula is C13H17FO2. The van der Waals surface area contributed by atoms with Crippen LogP contribution in [0.15, 0.2) is 24.3 Å². The molecule has 1 heterocycles. The summed E-state index contributed by atoms with van der Waals surface area (Å²) in [6, 6.07) is 6.41. The van der Waals surface area contributed by atoms with Gasteiger partial charge in [-0.2, -0.15) is 0 Å². The first-order chi connectivity index (χ1) is 7.74. The second-order valence-corrected chi connectivity index (χ2v) is 4.24. The van der Waals surface area contributed by atoms with E-state index in [4.69, 9.17) is 4.74 Å². The molecule has 1 aromatic rings. The Bertz CT molecular complexity index is 354. The van der Waals surface area contributed by atoms with Crippen LogP contribution in [0.4, 0.5) is 4.39 Å². The molecule has 1 N–H and O–H groups in total. The van der Waals surface area contributed by atoms with Gasteiger partial charge in [-0.05, 0) is 18.9 Å². The summed E-state index contributed by atoms with van der Waals surface area (Å²) in [4.78, 5) is 0. The second kappa shape index (κ2) is 4.93. The van der Waals surface area contributed by atoms with E-state index < -0.39 is 6.10 Å². The third-order valence-electron chi connectivity index (χ3n) is 3.29. The third-order valence-corrected chi connectivity index (χ3v) is 3.29. The van der Waals surface area contributed by atoms with Crippen LogP contribution < -0.4 is 0 Å². The fourth-order valence-electron chi connectivity index (χ4n) is 2.39. The average molecular weight is 224 g/mol. The van der Waals surface area contributed by atoms with Crippen molar-refractivity contribution in [2.45, 2.75) is 32.0 Å². The molecule has 1 aliphatic heterocycles. The maximum atomic E-state index is 13.5. The first kappa shape index (κ1) is 11.6. The fourth-order valence-corrected chi connectivity index (χ4v) is 2.39. The van der Waals surface area contributed by atoms with E-state index >= 15 is 0 Å². The van der Waals surface area contributed by atoms with E-state index in [1.807, 2.05) is 6.92 Å². The molecule has 1 fully saturated rings. The fraction of sp³-hybridized carbons (Fsp3) is 0.538. The van der Waals surface area contributed by atoms with Crippen molar-refractivity contribution in [1.82, 2.24) is 0 Å². The maximum Gasteiger partial charge on any atom is 0.129 e. The number of hydrogen-bond donors (Lipinski definition) is 1. The number of hydrogen-bond acceptors (Lipinski definition) is 2. The van der Waals surface area contributed by atoms with Gasteiger partial charge >= 0.3 is 0 Å². The highest BCUT2D eigenvalue weighted by Gasteiger charge is 2.34. The topological polar surface area (TPSA) is 29.5 Å². The normalized spacial score (nSPS) is 26.9. The number of aliphatic hydroxyl groups is 1. The molecule has 0 bridgehead atoms. The van der Waals surface area contributed by atoms with Gasteiger partial charge in [0.15, 0.2) is 0 Å². The van der Waals surface area contributed by atoms with E-state index in [0.717, 1.165) is 12.8 Å². The average Bonchev–Trinajstić information content (AvgIpc) is 2.77. The predicted octanol–water partition coefficient (Wildman–Crippen LogP) is 2.67. The molecule has 3 atom stereocenters. The van der Waals surface area contributed by atoms with Crippen LogP contribution in [0.1, 0.15) is 31.4 Å². The monoisotopic (exact) mass is 224 g/mol. The number of halogens is 1. The largest absolute Gasteiger partial charge is 0.388 e. The molecule has 0 aromatic heterocycles. The zero-order valence-electron chi connectivity index (χ0n) is 9.40.